The van der Waals surface area contributed by atoms with Gasteiger partial charge in [0.25, 0.3) is 0 Å². The van der Waals surface area contributed by atoms with Crippen LogP contribution in [0.4, 0.5) is 0 Å². The van der Waals surface area contributed by atoms with Crippen LogP contribution in [-0.2, 0) is 19.6 Å². The van der Waals surface area contributed by atoms with E-state index >= 15 is 0 Å². The van der Waals surface area contributed by atoms with E-state index in [0.717, 1.165) is 32.5 Å². The van der Waals surface area contributed by atoms with Crippen LogP contribution in [-0.4, -0.2) is 94.2 Å². The topological polar surface area (TPSA) is 70.2 Å². The Morgan fingerprint density at radius 2 is 1.74 bits per heavy atom. The molecule has 2 heterocycles. The second-order valence-electron chi connectivity index (χ2n) is 6.51. The fraction of sp³-hybridized carbons (Fsp3) is 0.933. The van der Waals surface area contributed by atoms with Crippen molar-refractivity contribution in [2.75, 3.05) is 65.8 Å². The van der Waals surface area contributed by atoms with Gasteiger partial charge < -0.3 is 14.5 Å². The maximum Gasteiger partial charge on any atom is 0.225 e. The monoisotopic (exact) mass is 347 g/mol. The molecule has 2 aliphatic rings. The summed E-state index contributed by atoms with van der Waals surface area (Å²) in [6.07, 6.45) is 2.38. The molecule has 8 heteroatoms. The molecule has 1 amide bonds. The summed E-state index contributed by atoms with van der Waals surface area (Å²) in [5, 5.41) is 0. The Balaban J connectivity index is 1.68. The zero-order valence-corrected chi connectivity index (χ0v) is 15.1. The van der Waals surface area contributed by atoms with Crippen molar-refractivity contribution in [1.29, 1.82) is 0 Å². The molecule has 2 saturated heterocycles. The molecule has 0 saturated carbocycles. The number of hydrogen-bond donors (Lipinski definition) is 0. The molecule has 0 aromatic heterocycles. The average molecular weight is 347 g/mol. The molecular weight excluding hydrogens is 318 g/mol. The molecule has 0 unspecified atom stereocenters. The van der Waals surface area contributed by atoms with Crippen molar-refractivity contribution < 1.29 is 17.9 Å². The van der Waals surface area contributed by atoms with E-state index in [1.807, 2.05) is 4.90 Å². The van der Waals surface area contributed by atoms with E-state index in [9.17, 15) is 13.2 Å². The minimum absolute atomic E-state index is 0.120. The maximum atomic E-state index is 12.4. The minimum atomic E-state index is -3.10. The Labute approximate surface area is 139 Å². The summed E-state index contributed by atoms with van der Waals surface area (Å²) in [7, 11) is 0.0314. The van der Waals surface area contributed by atoms with Gasteiger partial charge in [0.05, 0.1) is 19.0 Å². The fourth-order valence-corrected chi connectivity index (χ4v) is 3.96. The molecular formula is C15H29N3O4S. The van der Waals surface area contributed by atoms with Crippen LogP contribution in [0.2, 0.25) is 0 Å². The smallest absolute Gasteiger partial charge is 0.225 e. The first-order valence-electron chi connectivity index (χ1n) is 8.39. The number of morpholine rings is 1. The molecule has 0 aromatic carbocycles. The van der Waals surface area contributed by atoms with E-state index < -0.39 is 10.0 Å². The number of amides is 1. The van der Waals surface area contributed by atoms with Gasteiger partial charge in [0, 0.05) is 33.1 Å². The van der Waals surface area contributed by atoms with E-state index in [-0.39, 0.29) is 17.6 Å². The van der Waals surface area contributed by atoms with Crippen LogP contribution in [0.25, 0.3) is 0 Å². The third-order valence-corrected chi connectivity index (χ3v) is 6.61. The van der Waals surface area contributed by atoms with E-state index in [2.05, 4.69) is 4.90 Å². The molecule has 2 rings (SSSR count). The Kier molecular flexibility index (Phi) is 6.82. The molecule has 0 aromatic rings. The van der Waals surface area contributed by atoms with Crippen LogP contribution >= 0.6 is 0 Å². The highest BCUT2D eigenvalue weighted by atomic mass is 32.2. The molecule has 0 bridgehead atoms. The number of hydrogen-bond acceptors (Lipinski definition) is 5. The number of rotatable bonds is 6. The minimum Gasteiger partial charge on any atom is -0.378 e. The first kappa shape index (κ1) is 18.6. The van der Waals surface area contributed by atoms with Gasteiger partial charge in [-0.05, 0) is 38.9 Å². The summed E-state index contributed by atoms with van der Waals surface area (Å²) < 4.78 is 30.0. The Bertz CT molecular complexity index is 481. The third-order valence-electron chi connectivity index (χ3n) is 4.69. The summed E-state index contributed by atoms with van der Waals surface area (Å²) >= 11 is 0. The summed E-state index contributed by atoms with van der Waals surface area (Å²) in [5.74, 6) is 0.574. The molecule has 2 fully saturated rings. The van der Waals surface area contributed by atoms with Gasteiger partial charge in [-0.2, -0.15) is 0 Å². The van der Waals surface area contributed by atoms with Crippen LogP contribution in [0.3, 0.4) is 0 Å². The molecule has 0 aliphatic carbocycles. The van der Waals surface area contributed by atoms with Gasteiger partial charge in [-0.15, -0.1) is 0 Å². The van der Waals surface area contributed by atoms with Crippen LogP contribution in [0.5, 0.6) is 0 Å². The van der Waals surface area contributed by atoms with Crippen molar-refractivity contribution in [3.8, 4) is 0 Å². The van der Waals surface area contributed by atoms with Crippen molar-refractivity contribution in [2.45, 2.75) is 19.3 Å². The maximum absolute atomic E-state index is 12.4. The fourth-order valence-electron chi connectivity index (χ4n) is 3.10. The van der Waals surface area contributed by atoms with Crippen molar-refractivity contribution in [3.05, 3.63) is 0 Å². The van der Waals surface area contributed by atoms with Gasteiger partial charge in [-0.25, -0.2) is 12.7 Å². The number of carbonyl (C=O) groups excluding carboxylic acids is 1. The number of likely N-dealkylation sites (tertiary alicyclic amines) is 1. The van der Waals surface area contributed by atoms with Crippen LogP contribution in [0.15, 0.2) is 0 Å². The van der Waals surface area contributed by atoms with Crippen molar-refractivity contribution in [2.24, 2.45) is 5.92 Å². The number of piperidine rings is 1. The molecule has 134 valence electrons. The Hall–Kier alpha value is -0.700. The van der Waals surface area contributed by atoms with Gasteiger partial charge >= 0.3 is 0 Å². The number of sulfonamides is 1. The lowest BCUT2D eigenvalue weighted by Gasteiger charge is -2.35. The van der Waals surface area contributed by atoms with E-state index in [0.29, 0.717) is 32.7 Å². The van der Waals surface area contributed by atoms with Gasteiger partial charge in [0.2, 0.25) is 15.9 Å². The zero-order chi connectivity index (χ0) is 16.9. The van der Waals surface area contributed by atoms with Crippen molar-refractivity contribution >= 4 is 15.9 Å². The summed E-state index contributed by atoms with van der Waals surface area (Å²) in [6, 6.07) is 0. The quantitative estimate of drug-likeness (QED) is 0.668. The zero-order valence-electron chi connectivity index (χ0n) is 14.2. The largest absolute Gasteiger partial charge is 0.378 e. The Morgan fingerprint density at radius 3 is 2.30 bits per heavy atom. The summed E-state index contributed by atoms with van der Waals surface area (Å²) in [5.41, 5.74) is 0. The lowest BCUT2D eigenvalue weighted by atomic mass is 9.95. The van der Waals surface area contributed by atoms with Crippen LogP contribution in [0, 0.1) is 5.92 Å². The first-order chi connectivity index (χ1) is 10.9. The Morgan fingerprint density at radius 1 is 1.13 bits per heavy atom. The van der Waals surface area contributed by atoms with E-state index in [1.165, 1.54) is 4.31 Å². The normalized spacial score (nSPS) is 21.8. The van der Waals surface area contributed by atoms with Gasteiger partial charge in [-0.1, -0.05) is 0 Å². The van der Waals surface area contributed by atoms with Crippen LogP contribution < -0.4 is 0 Å². The van der Waals surface area contributed by atoms with Crippen LogP contribution in [0.1, 0.15) is 19.3 Å². The number of ether oxygens (including phenoxy) is 1. The second kappa shape index (κ2) is 8.41. The molecule has 7 nitrogen and oxygen atoms in total. The first-order valence-corrected chi connectivity index (χ1v) is 10.00. The molecule has 23 heavy (non-hydrogen) atoms. The second-order valence-corrected chi connectivity index (χ2v) is 8.81. The third kappa shape index (κ3) is 5.41. The highest BCUT2D eigenvalue weighted by Gasteiger charge is 2.29. The highest BCUT2D eigenvalue weighted by molar-refractivity contribution is 7.89. The molecule has 0 radical (unpaired) electrons. The lowest BCUT2D eigenvalue weighted by molar-refractivity contribution is -0.141. The summed E-state index contributed by atoms with van der Waals surface area (Å²) in [6.45, 7) is 5.25. The predicted molar refractivity (Wildman–Crippen MR) is 88.7 cm³/mol. The average Bonchev–Trinajstić information content (AvgIpc) is 2.55. The summed E-state index contributed by atoms with van der Waals surface area (Å²) in [4.78, 5) is 16.6. The lowest BCUT2D eigenvalue weighted by Crippen LogP contribution is -2.47. The van der Waals surface area contributed by atoms with Crippen molar-refractivity contribution in [1.82, 2.24) is 14.1 Å². The van der Waals surface area contributed by atoms with Gasteiger partial charge in [0.1, 0.15) is 0 Å². The predicted octanol–water partition coefficient (Wildman–Crippen LogP) is -0.161. The number of nitrogens with zero attached hydrogens (tertiary/aromatic N) is 3. The SMILES string of the molecule is CN(C)S(=O)(=O)CCCN1CCC(C(=O)N2CCOCC2)CC1. The molecule has 2 aliphatic heterocycles. The molecule has 0 atom stereocenters. The van der Waals surface area contributed by atoms with Gasteiger partial charge in [0.15, 0.2) is 0 Å². The van der Waals surface area contributed by atoms with E-state index in [4.69, 9.17) is 4.74 Å². The van der Waals surface area contributed by atoms with Crippen molar-refractivity contribution in [3.63, 3.8) is 0 Å². The standard InChI is InChI=1S/C15H29N3O4S/c1-16(2)23(20,21)13-3-6-17-7-4-14(5-8-17)15(19)18-9-11-22-12-10-18/h14H,3-13H2,1-2H3. The molecule has 0 spiro atoms. The van der Waals surface area contributed by atoms with Gasteiger partial charge in [-0.3, -0.25) is 4.79 Å². The molecule has 0 N–H and O–H groups in total. The van der Waals surface area contributed by atoms with E-state index in [1.54, 1.807) is 14.1 Å². The number of carbonyl (C=O) groups is 1. The highest BCUT2D eigenvalue weighted by Crippen LogP contribution is 2.20.